The van der Waals surface area contributed by atoms with Crippen LogP contribution in [0.25, 0.3) is 10.9 Å². The lowest BCUT2D eigenvalue weighted by molar-refractivity contribution is -0.147. The zero-order valence-corrected chi connectivity index (χ0v) is 15.3. The van der Waals surface area contributed by atoms with Crippen molar-refractivity contribution in [1.82, 2.24) is 4.98 Å². The maximum atomic E-state index is 11.9. The van der Waals surface area contributed by atoms with Crippen LogP contribution in [0.4, 0.5) is 5.69 Å². The molecule has 5 nitrogen and oxygen atoms in total. The third-order valence-corrected chi connectivity index (χ3v) is 5.17. The molecule has 1 aromatic carbocycles. The van der Waals surface area contributed by atoms with Crippen LogP contribution in [0.3, 0.4) is 0 Å². The second-order valence-electron chi connectivity index (χ2n) is 6.54. The molecule has 130 valence electrons. The van der Waals surface area contributed by atoms with Gasteiger partial charge in [-0.05, 0) is 37.5 Å². The number of aryl methyl sites for hydroxylation is 1. The van der Waals surface area contributed by atoms with E-state index in [9.17, 15) is 10.1 Å². The standard InChI is InChI=1S/C19H20ClN3O2/c1-11-10-23(7-6-14(11)19(24)25-3)18-15-8-13(20)4-5-17(15)22-12(2)16(18)9-21/h4-5,8,11,14H,6-7,10H2,1-3H3/t11-,14+/m1/s1. The monoisotopic (exact) mass is 357 g/mol. The van der Waals surface area contributed by atoms with Gasteiger partial charge in [0.2, 0.25) is 0 Å². The van der Waals surface area contributed by atoms with E-state index >= 15 is 0 Å². The summed E-state index contributed by atoms with van der Waals surface area (Å²) in [7, 11) is 1.43. The number of benzene rings is 1. The predicted molar refractivity (Wildman–Crippen MR) is 97.7 cm³/mol. The number of hydrogen-bond acceptors (Lipinski definition) is 5. The number of anilines is 1. The van der Waals surface area contributed by atoms with Gasteiger partial charge in [-0.2, -0.15) is 5.26 Å². The summed E-state index contributed by atoms with van der Waals surface area (Å²) in [5.74, 6) is -0.133. The molecule has 0 saturated carbocycles. The second-order valence-corrected chi connectivity index (χ2v) is 6.97. The summed E-state index contributed by atoms with van der Waals surface area (Å²) >= 11 is 6.19. The van der Waals surface area contributed by atoms with E-state index in [1.165, 1.54) is 7.11 Å². The number of nitrogens with zero attached hydrogens (tertiary/aromatic N) is 3. The van der Waals surface area contributed by atoms with E-state index in [4.69, 9.17) is 16.3 Å². The third-order valence-electron chi connectivity index (χ3n) is 4.94. The predicted octanol–water partition coefficient (Wildman–Crippen LogP) is 3.70. The fraction of sp³-hybridized carbons (Fsp3) is 0.421. The highest BCUT2D eigenvalue weighted by Gasteiger charge is 2.33. The van der Waals surface area contributed by atoms with Crippen LogP contribution in [0.2, 0.25) is 5.02 Å². The number of carbonyl (C=O) groups is 1. The average Bonchev–Trinajstić information content (AvgIpc) is 2.60. The number of fused-ring (bicyclic) bond motifs is 1. The number of methoxy groups -OCH3 is 1. The van der Waals surface area contributed by atoms with Gasteiger partial charge in [0.1, 0.15) is 6.07 Å². The normalized spacial score (nSPS) is 20.4. The third kappa shape index (κ3) is 3.14. The second kappa shape index (κ2) is 6.89. The Balaban J connectivity index is 2.08. The molecular weight excluding hydrogens is 338 g/mol. The summed E-state index contributed by atoms with van der Waals surface area (Å²) in [6.07, 6.45) is 0.697. The van der Waals surface area contributed by atoms with Gasteiger partial charge in [0.25, 0.3) is 0 Å². The van der Waals surface area contributed by atoms with Crippen LogP contribution < -0.4 is 4.90 Å². The fourth-order valence-corrected chi connectivity index (χ4v) is 3.82. The summed E-state index contributed by atoms with van der Waals surface area (Å²) in [5.41, 5.74) is 2.95. The van der Waals surface area contributed by atoms with E-state index in [1.54, 1.807) is 6.07 Å². The Morgan fingerprint density at radius 3 is 2.88 bits per heavy atom. The van der Waals surface area contributed by atoms with Gasteiger partial charge in [0.15, 0.2) is 0 Å². The van der Waals surface area contributed by atoms with E-state index in [-0.39, 0.29) is 17.8 Å². The molecule has 2 aromatic rings. The highest BCUT2D eigenvalue weighted by atomic mass is 35.5. The average molecular weight is 358 g/mol. The minimum absolute atomic E-state index is 0.107. The first-order valence-corrected chi connectivity index (χ1v) is 8.66. The van der Waals surface area contributed by atoms with Crippen molar-refractivity contribution in [2.45, 2.75) is 20.3 Å². The van der Waals surface area contributed by atoms with Gasteiger partial charge >= 0.3 is 5.97 Å². The van der Waals surface area contributed by atoms with Gasteiger partial charge in [-0.25, -0.2) is 0 Å². The Morgan fingerprint density at radius 1 is 1.48 bits per heavy atom. The molecule has 3 rings (SSSR count). The smallest absolute Gasteiger partial charge is 0.309 e. The molecule has 2 heterocycles. The van der Waals surface area contributed by atoms with Gasteiger partial charge in [-0.3, -0.25) is 9.78 Å². The number of ether oxygens (including phenoxy) is 1. The van der Waals surface area contributed by atoms with Crippen LogP contribution in [0, 0.1) is 30.1 Å². The van der Waals surface area contributed by atoms with Crippen LogP contribution in [0.15, 0.2) is 18.2 Å². The number of esters is 1. The number of carbonyl (C=O) groups excluding carboxylic acids is 1. The first-order chi connectivity index (χ1) is 12.0. The molecule has 1 fully saturated rings. The van der Waals surface area contributed by atoms with Crippen molar-refractivity contribution < 1.29 is 9.53 Å². The molecule has 0 N–H and O–H groups in total. The maximum absolute atomic E-state index is 11.9. The Labute approximate surface area is 152 Å². The van der Waals surface area contributed by atoms with Crippen molar-refractivity contribution in [3.8, 4) is 6.07 Å². The molecule has 6 heteroatoms. The number of piperidine rings is 1. The Hall–Kier alpha value is -2.32. The summed E-state index contributed by atoms with van der Waals surface area (Å²) < 4.78 is 4.91. The Kier molecular flexibility index (Phi) is 4.82. The van der Waals surface area contributed by atoms with Gasteiger partial charge in [-0.15, -0.1) is 0 Å². The number of nitriles is 1. The first kappa shape index (κ1) is 17.5. The van der Waals surface area contributed by atoms with E-state index in [0.29, 0.717) is 35.8 Å². The van der Waals surface area contributed by atoms with Crippen molar-refractivity contribution >= 4 is 34.2 Å². The lowest BCUT2D eigenvalue weighted by Gasteiger charge is -2.38. The summed E-state index contributed by atoms with van der Waals surface area (Å²) in [6, 6.07) is 7.83. The van der Waals surface area contributed by atoms with E-state index < -0.39 is 0 Å². The van der Waals surface area contributed by atoms with Gasteiger partial charge in [0.05, 0.1) is 35.5 Å². The number of halogens is 1. The van der Waals surface area contributed by atoms with Gasteiger partial charge in [-0.1, -0.05) is 18.5 Å². The molecule has 0 radical (unpaired) electrons. The molecule has 25 heavy (non-hydrogen) atoms. The van der Waals surface area contributed by atoms with Crippen LogP contribution in [0.1, 0.15) is 24.6 Å². The highest BCUT2D eigenvalue weighted by molar-refractivity contribution is 6.31. The zero-order chi connectivity index (χ0) is 18.1. The summed E-state index contributed by atoms with van der Waals surface area (Å²) in [4.78, 5) is 18.6. The molecule has 1 aliphatic rings. The molecular formula is C19H20ClN3O2. The number of rotatable bonds is 2. The van der Waals surface area contributed by atoms with Crippen LogP contribution in [-0.2, 0) is 9.53 Å². The van der Waals surface area contributed by atoms with Gasteiger partial charge < -0.3 is 9.64 Å². The molecule has 0 amide bonds. The van der Waals surface area contributed by atoms with Crippen molar-refractivity contribution in [1.29, 1.82) is 5.26 Å². The minimum Gasteiger partial charge on any atom is -0.469 e. The lowest BCUT2D eigenvalue weighted by atomic mass is 9.86. The first-order valence-electron chi connectivity index (χ1n) is 8.29. The molecule has 0 unspecified atom stereocenters. The Bertz CT molecular complexity index is 875. The lowest BCUT2D eigenvalue weighted by Crippen LogP contribution is -2.43. The van der Waals surface area contributed by atoms with Crippen LogP contribution in [0.5, 0.6) is 0 Å². The molecule has 1 saturated heterocycles. The molecule has 0 bridgehead atoms. The van der Waals surface area contributed by atoms with Crippen molar-refractivity contribution in [3.63, 3.8) is 0 Å². The van der Waals surface area contributed by atoms with Crippen molar-refractivity contribution in [2.24, 2.45) is 11.8 Å². The number of aromatic nitrogens is 1. The number of hydrogen-bond donors (Lipinski definition) is 0. The van der Waals surface area contributed by atoms with Crippen molar-refractivity contribution in [3.05, 3.63) is 34.5 Å². The zero-order valence-electron chi connectivity index (χ0n) is 14.5. The summed E-state index contributed by atoms with van der Waals surface area (Å²) in [5, 5.41) is 11.2. The number of pyridine rings is 1. The van der Waals surface area contributed by atoms with E-state index in [2.05, 4.69) is 16.0 Å². The molecule has 0 spiro atoms. The Morgan fingerprint density at radius 2 is 2.24 bits per heavy atom. The van der Waals surface area contributed by atoms with E-state index in [0.717, 1.165) is 16.6 Å². The topological polar surface area (TPSA) is 66.2 Å². The van der Waals surface area contributed by atoms with Crippen LogP contribution >= 0.6 is 11.6 Å². The fourth-order valence-electron chi connectivity index (χ4n) is 3.65. The molecule has 1 aliphatic heterocycles. The SMILES string of the molecule is COC(=O)[C@H]1CCN(c2c(C#N)c(C)nc3ccc(Cl)cc23)C[C@H]1C. The molecule has 2 atom stereocenters. The quantitative estimate of drug-likeness (QED) is 0.766. The van der Waals surface area contributed by atoms with Gasteiger partial charge in [0, 0.05) is 23.5 Å². The molecule has 0 aliphatic carbocycles. The van der Waals surface area contributed by atoms with E-state index in [1.807, 2.05) is 26.0 Å². The minimum atomic E-state index is -0.161. The largest absolute Gasteiger partial charge is 0.469 e. The molecule has 1 aromatic heterocycles. The summed E-state index contributed by atoms with van der Waals surface area (Å²) in [6.45, 7) is 5.26. The van der Waals surface area contributed by atoms with Crippen molar-refractivity contribution in [2.75, 3.05) is 25.1 Å². The highest BCUT2D eigenvalue weighted by Crippen LogP contribution is 2.36. The maximum Gasteiger partial charge on any atom is 0.309 e. The van der Waals surface area contributed by atoms with Crippen LogP contribution in [-0.4, -0.2) is 31.2 Å².